The monoisotopic (exact) mass is 292 g/mol. The predicted octanol–water partition coefficient (Wildman–Crippen LogP) is 1.83. The molecule has 1 aliphatic heterocycles. The molecule has 1 aliphatic rings. The highest BCUT2D eigenvalue weighted by molar-refractivity contribution is 7.99. The largest absolute Gasteiger partial charge is 0.339 e. The molecule has 4 nitrogen and oxygen atoms in total. The predicted molar refractivity (Wildman–Crippen MR) is 81.5 cm³/mol. The smallest absolute Gasteiger partial charge is 0.250 e. The molecule has 0 bridgehead atoms. The van der Waals surface area contributed by atoms with Gasteiger partial charge in [0.2, 0.25) is 11.8 Å². The number of benzene rings is 1. The first-order chi connectivity index (χ1) is 9.61. The van der Waals surface area contributed by atoms with Crippen LogP contribution in [0.1, 0.15) is 24.9 Å². The Morgan fingerprint density at radius 3 is 2.70 bits per heavy atom. The van der Waals surface area contributed by atoms with Gasteiger partial charge in [0, 0.05) is 11.8 Å². The van der Waals surface area contributed by atoms with E-state index in [9.17, 15) is 9.59 Å². The molecular weight excluding hydrogens is 272 g/mol. The van der Waals surface area contributed by atoms with Crippen LogP contribution in [-0.4, -0.2) is 41.3 Å². The Bertz CT molecular complexity index is 478. The minimum Gasteiger partial charge on any atom is -0.339 e. The standard InChI is InChI=1S/C15H20N2O2S/c1-11(20-2)8-9-17-10-13(18)16-14(15(17)19)12-6-4-3-5-7-12/h3-7,11,14H,8-10H2,1-2H3,(H,16,18). The van der Waals surface area contributed by atoms with Crippen molar-refractivity contribution in [1.82, 2.24) is 10.2 Å². The van der Waals surface area contributed by atoms with Crippen LogP contribution in [0, 0.1) is 0 Å². The number of nitrogens with one attached hydrogen (secondary N) is 1. The maximum absolute atomic E-state index is 12.5. The molecule has 1 aromatic carbocycles. The molecule has 20 heavy (non-hydrogen) atoms. The summed E-state index contributed by atoms with van der Waals surface area (Å²) in [5.41, 5.74) is 0.841. The summed E-state index contributed by atoms with van der Waals surface area (Å²) < 4.78 is 0. The molecule has 2 atom stereocenters. The number of amides is 2. The SMILES string of the molecule is CSC(C)CCN1CC(=O)NC(c2ccccc2)C1=O. The Balaban J connectivity index is 2.08. The quantitative estimate of drug-likeness (QED) is 0.900. The molecule has 2 amide bonds. The van der Waals surface area contributed by atoms with Gasteiger partial charge in [0.1, 0.15) is 6.04 Å². The summed E-state index contributed by atoms with van der Waals surface area (Å²) in [4.78, 5) is 26.0. The van der Waals surface area contributed by atoms with Gasteiger partial charge in [-0.1, -0.05) is 37.3 Å². The fourth-order valence-corrected chi connectivity index (χ4v) is 2.56. The number of nitrogens with zero attached hydrogens (tertiary/aromatic N) is 1. The first-order valence-electron chi connectivity index (χ1n) is 6.77. The van der Waals surface area contributed by atoms with Crippen LogP contribution in [0.2, 0.25) is 0 Å². The Hall–Kier alpha value is -1.49. The first kappa shape index (κ1) is 14.9. The van der Waals surface area contributed by atoms with Crippen molar-refractivity contribution in [3.05, 3.63) is 35.9 Å². The highest BCUT2D eigenvalue weighted by atomic mass is 32.2. The average Bonchev–Trinajstić information content (AvgIpc) is 2.48. The lowest BCUT2D eigenvalue weighted by Gasteiger charge is -2.33. The molecule has 0 aliphatic carbocycles. The van der Waals surface area contributed by atoms with E-state index in [2.05, 4.69) is 18.5 Å². The van der Waals surface area contributed by atoms with Gasteiger partial charge >= 0.3 is 0 Å². The molecule has 5 heteroatoms. The second kappa shape index (κ2) is 6.79. The van der Waals surface area contributed by atoms with E-state index in [4.69, 9.17) is 0 Å². The van der Waals surface area contributed by atoms with Gasteiger partial charge in [-0.05, 0) is 18.2 Å². The van der Waals surface area contributed by atoms with Crippen LogP contribution >= 0.6 is 11.8 Å². The Morgan fingerprint density at radius 1 is 1.35 bits per heavy atom. The van der Waals surface area contributed by atoms with Gasteiger partial charge in [-0.15, -0.1) is 0 Å². The second-order valence-electron chi connectivity index (χ2n) is 5.01. The van der Waals surface area contributed by atoms with E-state index >= 15 is 0 Å². The summed E-state index contributed by atoms with van der Waals surface area (Å²) in [6.07, 6.45) is 2.96. The second-order valence-corrected chi connectivity index (χ2v) is 6.28. The zero-order valence-corrected chi connectivity index (χ0v) is 12.7. The molecule has 0 saturated carbocycles. The van der Waals surface area contributed by atoms with Gasteiger partial charge in [-0.25, -0.2) is 0 Å². The summed E-state index contributed by atoms with van der Waals surface area (Å²) in [7, 11) is 0. The number of carbonyl (C=O) groups excluding carboxylic acids is 2. The topological polar surface area (TPSA) is 49.4 Å². The minimum atomic E-state index is -0.540. The van der Waals surface area contributed by atoms with Crippen LogP contribution in [0.5, 0.6) is 0 Å². The number of rotatable bonds is 5. The molecule has 108 valence electrons. The van der Waals surface area contributed by atoms with Gasteiger partial charge in [-0.3, -0.25) is 9.59 Å². The van der Waals surface area contributed by atoms with E-state index in [0.29, 0.717) is 11.8 Å². The maximum atomic E-state index is 12.5. The molecule has 1 aromatic rings. The van der Waals surface area contributed by atoms with Crippen molar-refractivity contribution in [1.29, 1.82) is 0 Å². The highest BCUT2D eigenvalue weighted by Gasteiger charge is 2.33. The fourth-order valence-electron chi connectivity index (χ4n) is 2.22. The van der Waals surface area contributed by atoms with Crippen molar-refractivity contribution in [2.75, 3.05) is 19.3 Å². The van der Waals surface area contributed by atoms with E-state index < -0.39 is 6.04 Å². The number of thioether (sulfide) groups is 1. The molecule has 1 saturated heterocycles. The third-order valence-corrected chi connectivity index (χ3v) is 4.58. The zero-order chi connectivity index (χ0) is 14.5. The van der Waals surface area contributed by atoms with Crippen LogP contribution in [-0.2, 0) is 9.59 Å². The van der Waals surface area contributed by atoms with Gasteiger partial charge in [-0.2, -0.15) is 11.8 Å². The van der Waals surface area contributed by atoms with Crippen LogP contribution < -0.4 is 5.32 Å². The Kier molecular flexibility index (Phi) is 5.06. The fraction of sp³-hybridized carbons (Fsp3) is 0.467. The van der Waals surface area contributed by atoms with Gasteiger partial charge in [0.05, 0.1) is 6.54 Å². The molecule has 0 aromatic heterocycles. The van der Waals surface area contributed by atoms with Crippen molar-refractivity contribution in [2.24, 2.45) is 0 Å². The van der Waals surface area contributed by atoms with E-state index in [1.807, 2.05) is 30.3 Å². The molecule has 0 spiro atoms. The third-order valence-electron chi connectivity index (χ3n) is 3.54. The van der Waals surface area contributed by atoms with Crippen molar-refractivity contribution in [2.45, 2.75) is 24.6 Å². The number of piperazine rings is 1. The molecule has 1 fully saturated rings. The summed E-state index contributed by atoms with van der Waals surface area (Å²) in [5.74, 6) is -0.0978. The Morgan fingerprint density at radius 2 is 2.05 bits per heavy atom. The van der Waals surface area contributed by atoms with E-state index in [1.54, 1.807) is 16.7 Å². The van der Waals surface area contributed by atoms with Crippen molar-refractivity contribution >= 4 is 23.6 Å². The highest BCUT2D eigenvalue weighted by Crippen LogP contribution is 2.20. The van der Waals surface area contributed by atoms with Crippen molar-refractivity contribution < 1.29 is 9.59 Å². The summed E-state index contributed by atoms with van der Waals surface area (Å²) in [6, 6.07) is 8.86. The third kappa shape index (κ3) is 3.54. The van der Waals surface area contributed by atoms with E-state index in [-0.39, 0.29) is 18.4 Å². The van der Waals surface area contributed by atoms with Gasteiger partial charge in [0.25, 0.3) is 0 Å². The van der Waals surface area contributed by atoms with Crippen LogP contribution in [0.15, 0.2) is 30.3 Å². The van der Waals surface area contributed by atoms with Crippen molar-refractivity contribution in [3.8, 4) is 0 Å². The van der Waals surface area contributed by atoms with Gasteiger partial charge < -0.3 is 10.2 Å². The van der Waals surface area contributed by atoms with E-state index in [1.165, 1.54) is 0 Å². The zero-order valence-electron chi connectivity index (χ0n) is 11.8. The number of carbonyl (C=O) groups is 2. The van der Waals surface area contributed by atoms with Crippen LogP contribution in [0.3, 0.4) is 0 Å². The van der Waals surface area contributed by atoms with Crippen LogP contribution in [0.4, 0.5) is 0 Å². The molecule has 1 heterocycles. The van der Waals surface area contributed by atoms with Gasteiger partial charge in [0.15, 0.2) is 0 Å². The summed E-state index contributed by atoms with van der Waals surface area (Å²) in [6.45, 7) is 2.94. The molecule has 1 N–H and O–H groups in total. The first-order valence-corrected chi connectivity index (χ1v) is 8.06. The Labute approximate surface area is 123 Å². The van der Waals surface area contributed by atoms with E-state index in [0.717, 1.165) is 12.0 Å². The minimum absolute atomic E-state index is 0.0101. The lowest BCUT2D eigenvalue weighted by Crippen LogP contribution is -2.53. The summed E-state index contributed by atoms with van der Waals surface area (Å²) in [5, 5.41) is 3.27. The molecule has 2 rings (SSSR count). The normalized spacial score (nSPS) is 20.7. The van der Waals surface area contributed by atoms with Crippen molar-refractivity contribution in [3.63, 3.8) is 0 Å². The average molecular weight is 292 g/mol. The maximum Gasteiger partial charge on any atom is 0.250 e. The summed E-state index contributed by atoms with van der Waals surface area (Å²) >= 11 is 1.77. The number of hydrogen-bond acceptors (Lipinski definition) is 3. The molecule has 0 radical (unpaired) electrons. The lowest BCUT2D eigenvalue weighted by atomic mass is 10.0. The number of hydrogen-bond donors (Lipinski definition) is 1. The lowest BCUT2D eigenvalue weighted by molar-refractivity contribution is -0.144. The molecule has 2 unspecified atom stereocenters. The van der Waals surface area contributed by atoms with Crippen LogP contribution in [0.25, 0.3) is 0 Å². The molecular formula is C15H20N2O2S.